The third-order valence-corrected chi connectivity index (χ3v) is 3.55. The molecule has 1 aromatic carbocycles. The van der Waals surface area contributed by atoms with E-state index in [1.807, 2.05) is 30.3 Å². The molecule has 0 bridgehead atoms. The third-order valence-electron chi connectivity index (χ3n) is 3.55. The molecule has 0 amide bonds. The molecule has 0 unspecified atom stereocenters. The van der Waals surface area contributed by atoms with Crippen LogP contribution in [-0.4, -0.2) is 30.6 Å². The van der Waals surface area contributed by atoms with Gasteiger partial charge in [-0.25, -0.2) is 4.99 Å². The molecule has 0 spiro atoms. The van der Waals surface area contributed by atoms with Gasteiger partial charge in [0.15, 0.2) is 5.96 Å². The first-order chi connectivity index (χ1) is 12.3. The highest BCUT2D eigenvalue weighted by atomic mass is 127. The molecule has 0 fully saturated rings. The standard InChI is InChI=1S/C20H28N4O.HI/c1-3-14-25-19-10-7-8-17(15-19)11-13-23-20(21-4-2)24-16-18-9-5-6-12-22-18;/h5-10,12,15H,3-4,11,13-14,16H2,1-2H3,(H2,21,23,24);1H. The summed E-state index contributed by atoms with van der Waals surface area (Å²) in [5.74, 6) is 1.75. The number of rotatable bonds is 9. The molecule has 1 heterocycles. The molecular weight excluding hydrogens is 439 g/mol. The van der Waals surface area contributed by atoms with E-state index in [-0.39, 0.29) is 24.0 Å². The highest BCUT2D eigenvalue weighted by molar-refractivity contribution is 14.0. The predicted octanol–water partition coefficient (Wildman–Crippen LogP) is 3.79. The van der Waals surface area contributed by atoms with Gasteiger partial charge >= 0.3 is 0 Å². The zero-order chi connectivity index (χ0) is 17.7. The van der Waals surface area contributed by atoms with Crippen molar-refractivity contribution in [2.24, 2.45) is 4.99 Å². The van der Waals surface area contributed by atoms with Crippen LogP contribution in [0.4, 0.5) is 0 Å². The maximum absolute atomic E-state index is 5.69. The lowest BCUT2D eigenvalue weighted by atomic mass is 10.1. The number of benzene rings is 1. The number of ether oxygens (including phenoxy) is 1. The quantitative estimate of drug-likeness (QED) is 0.334. The van der Waals surface area contributed by atoms with Crippen LogP contribution in [0.2, 0.25) is 0 Å². The molecule has 2 N–H and O–H groups in total. The minimum absolute atomic E-state index is 0. The summed E-state index contributed by atoms with van der Waals surface area (Å²) in [6, 6.07) is 14.1. The maximum Gasteiger partial charge on any atom is 0.191 e. The van der Waals surface area contributed by atoms with Crippen molar-refractivity contribution in [3.05, 3.63) is 59.9 Å². The molecule has 1 aromatic heterocycles. The summed E-state index contributed by atoms with van der Waals surface area (Å²) in [4.78, 5) is 8.88. The van der Waals surface area contributed by atoms with Gasteiger partial charge < -0.3 is 15.4 Å². The van der Waals surface area contributed by atoms with E-state index in [9.17, 15) is 0 Å². The maximum atomic E-state index is 5.69. The van der Waals surface area contributed by atoms with Crippen molar-refractivity contribution in [3.8, 4) is 5.75 Å². The molecule has 0 atom stereocenters. The Balaban J connectivity index is 0.00000338. The molecule has 5 nitrogen and oxygen atoms in total. The molecule has 142 valence electrons. The van der Waals surface area contributed by atoms with Crippen LogP contribution in [0.5, 0.6) is 5.75 Å². The number of aromatic nitrogens is 1. The molecule has 0 saturated carbocycles. The fraction of sp³-hybridized carbons (Fsp3) is 0.400. The van der Waals surface area contributed by atoms with Gasteiger partial charge in [-0.2, -0.15) is 0 Å². The Morgan fingerprint density at radius 2 is 2.00 bits per heavy atom. The molecule has 0 aliphatic carbocycles. The van der Waals surface area contributed by atoms with Crippen LogP contribution in [0.15, 0.2) is 53.7 Å². The van der Waals surface area contributed by atoms with E-state index >= 15 is 0 Å². The van der Waals surface area contributed by atoms with Crippen LogP contribution in [0.1, 0.15) is 31.5 Å². The van der Waals surface area contributed by atoms with E-state index in [0.29, 0.717) is 6.54 Å². The topological polar surface area (TPSA) is 58.5 Å². The van der Waals surface area contributed by atoms with Crippen LogP contribution in [0, 0.1) is 0 Å². The van der Waals surface area contributed by atoms with Gasteiger partial charge in [0.05, 0.1) is 18.8 Å². The second kappa shape index (κ2) is 13.4. The average molecular weight is 468 g/mol. The van der Waals surface area contributed by atoms with Gasteiger partial charge in [0.25, 0.3) is 0 Å². The van der Waals surface area contributed by atoms with Crippen molar-refractivity contribution in [2.75, 3.05) is 19.7 Å². The Bertz CT molecular complexity index is 649. The average Bonchev–Trinajstić information content (AvgIpc) is 2.65. The van der Waals surface area contributed by atoms with Crippen LogP contribution >= 0.6 is 24.0 Å². The lowest BCUT2D eigenvalue weighted by molar-refractivity contribution is 0.317. The van der Waals surface area contributed by atoms with E-state index in [1.54, 1.807) is 6.20 Å². The Morgan fingerprint density at radius 1 is 1.12 bits per heavy atom. The molecule has 0 saturated heterocycles. The Morgan fingerprint density at radius 3 is 2.73 bits per heavy atom. The zero-order valence-corrected chi connectivity index (χ0v) is 17.9. The molecular formula is C20H29IN4O. The van der Waals surface area contributed by atoms with Crippen molar-refractivity contribution in [1.29, 1.82) is 0 Å². The number of aliphatic imine (C=N–C) groups is 1. The van der Waals surface area contributed by atoms with Crippen molar-refractivity contribution >= 4 is 29.9 Å². The van der Waals surface area contributed by atoms with Crippen LogP contribution in [0.3, 0.4) is 0 Å². The predicted molar refractivity (Wildman–Crippen MR) is 118 cm³/mol. The first-order valence-corrected chi connectivity index (χ1v) is 8.95. The Kier molecular flexibility index (Phi) is 11.4. The van der Waals surface area contributed by atoms with Crippen molar-refractivity contribution in [1.82, 2.24) is 15.6 Å². The first-order valence-electron chi connectivity index (χ1n) is 8.95. The summed E-state index contributed by atoms with van der Waals surface area (Å²) in [5.41, 5.74) is 2.21. The summed E-state index contributed by atoms with van der Waals surface area (Å²) in [5, 5.41) is 6.64. The summed E-state index contributed by atoms with van der Waals surface area (Å²) in [6.07, 6.45) is 3.72. The Hall–Kier alpha value is -1.83. The molecule has 6 heteroatoms. The van der Waals surface area contributed by atoms with E-state index in [1.165, 1.54) is 5.56 Å². The summed E-state index contributed by atoms with van der Waals surface area (Å²) in [7, 11) is 0. The number of nitrogens with one attached hydrogen (secondary N) is 2. The number of nitrogens with zero attached hydrogens (tertiary/aromatic N) is 2. The highest BCUT2D eigenvalue weighted by Gasteiger charge is 2.00. The lowest BCUT2D eigenvalue weighted by Crippen LogP contribution is -2.38. The second-order valence-corrected chi connectivity index (χ2v) is 5.69. The van der Waals surface area contributed by atoms with Crippen molar-refractivity contribution in [3.63, 3.8) is 0 Å². The zero-order valence-electron chi connectivity index (χ0n) is 15.6. The lowest BCUT2D eigenvalue weighted by Gasteiger charge is -2.12. The minimum Gasteiger partial charge on any atom is -0.494 e. The smallest absolute Gasteiger partial charge is 0.191 e. The van der Waals surface area contributed by atoms with Crippen molar-refractivity contribution in [2.45, 2.75) is 33.2 Å². The second-order valence-electron chi connectivity index (χ2n) is 5.69. The molecule has 0 aliphatic heterocycles. The number of hydrogen-bond donors (Lipinski definition) is 2. The molecule has 2 rings (SSSR count). The molecule has 26 heavy (non-hydrogen) atoms. The highest BCUT2D eigenvalue weighted by Crippen LogP contribution is 2.13. The molecule has 2 aromatic rings. The Labute approximate surface area is 173 Å². The monoisotopic (exact) mass is 468 g/mol. The van der Waals surface area contributed by atoms with E-state index < -0.39 is 0 Å². The van der Waals surface area contributed by atoms with E-state index in [4.69, 9.17) is 4.74 Å². The van der Waals surface area contributed by atoms with Gasteiger partial charge in [-0.1, -0.05) is 25.1 Å². The van der Waals surface area contributed by atoms with Crippen molar-refractivity contribution < 1.29 is 4.74 Å². The fourth-order valence-electron chi connectivity index (χ4n) is 2.33. The van der Waals surface area contributed by atoms with Gasteiger partial charge in [-0.3, -0.25) is 4.98 Å². The summed E-state index contributed by atoms with van der Waals surface area (Å²) in [6.45, 7) is 7.13. The van der Waals surface area contributed by atoms with Gasteiger partial charge in [-0.15, -0.1) is 24.0 Å². The van der Waals surface area contributed by atoms with Gasteiger partial charge in [0.2, 0.25) is 0 Å². The first kappa shape index (κ1) is 22.2. The number of halogens is 1. The normalized spacial score (nSPS) is 10.8. The number of hydrogen-bond acceptors (Lipinski definition) is 3. The van der Waals surface area contributed by atoms with E-state index in [2.05, 4.69) is 46.6 Å². The SMILES string of the molecule is CCCOc1cccc(CCNC(=NCc2ccccn2)NCC)c1.I. The van der Waals surface area contributed by atoms with Gasteiger partial charge in [0.1, 0.15) is 5.75 Å². The van der Waals surface area contributed by atoms with E-state index in [0.717, 1.165) is 49.9 Å². The van der Waals surface area contributed by atoms with Gasteiger partial charge in [-0.05, 0) is 49.6 Å². The van der Waals surface area contributed by atoms with Gasteiger partial charge in [0, 0.05) is 19.3 Å². The third kappa shape index (κ3) is 8.51. The fourth-order valence-corrected chi connectivity index (χ4v) is 2.33. The van der Waals surface area contributed by atoms with Crippen LogP contribution < -0.4 is 15.4 Å². The summed E-state index contributed by atoms with van der Waals surface area (Å²) < 4.78 is 5.69. The largest absolute Gasteiger partial charge is 0.494 e. The molecule has 0 radical (unpaired) electrons. The molecule has 0 aliphatic rings. The summed E-state index contributed by atoms with van der Waals surface area (Å²) >= 11 is 0. The van der Waals surface area contributed by atoms with Crippen LogP contribution in [0.25, 0.3) is 0 Å². The minimum atomic E-state index is 0. The van der Waals surface area contributed by atoms with Crippen LogP contribution in [-0.2, 0) is 13.0 Å². The number of pyridine rings is 1. The number of guanidine groups is 1.